The third-order valence-electron chi connectivity index (χ3n) is 2.31. The minimum absolute atomic E-state index is 0.132. The van der Waals surface area contributed by atoms with Crippen molar-refractivity contribution in [2.24, 2.45) is 5.92 Å². The highest BCUT2D eigenvalue weighted by molar-refractivity contribution is 5.94. The fourth-order valence-corrected chi connectivity index (χ4v) is 1.35. The van der Waals surface area contributed by atoms with Crippen molar-refractivity contribution in [1.29, 1.82) is 0 Å². The number of methoxy groups -OCH3 is 1. The van der Waals surface area contributed by atoms with Crippen LogP contribution in [-0.4, -0.2) is 37.7 Å². The third kappa shape index (κ3) is 5.14. The molecule has 0 saturated heterocycles. The summed E-state index contributed by atoms with van der Waals surface area (Å²) in [6.07, 6.45) is 3.27. The van der Waals surface area contributed by atoms with Crippen LogP contribution in [0.4, 0.5) is 5.69 Å². The first-order chi connectivity index (χ1) is 8.63. The molecule has 0 aliphatic rings. The van der Waals surface area contributed by atoms with E-state index in [0.717, 1.165) is 12.2 Å². The van der Waals surface area contributed by atoms with Crippen LogP contribution in [0.2, 0.25) is 0 Å². The van der Waals surface area contributed by atoms with Gasteiger partial charge in [0.1, 0.15) is 0 Å². The molecule has 1 aromatic heterocycles. The van der Waals surface area contributed by atoms with Gasteiger partial charge in [-0.2, -0.15) is 0 Å². The van der Waals surface area contributed by atoms with E-state index in [0.29, 0.717) is 24.6 Å². The van der Waals surface area contributed by atoms with Gasteiger partial charge in [-0.3, -0.25) is 9.78 Å². The maximum atomic E-state index is 11.8. The normalized spacial score (nSPS) is 10.4. The van der Waals surface area contributed by atoms with E-state index in [1.165, 1.54) is 0 Å². The van der Waals surface area contributed by atoms with Gasteiger partial charge in [0.05, 0.1) is 17.9 Å². The molecule has 100 valence electrons. The number of aromatic nitrogens is 1. The second-order valence-corrected chi connectivity index (χ2v) is 4.49. The van der Waals surface area contributed by atoms with Crippen molar-refractivity contribution < 1.29 is 9.53 Å². The number of rotatable bonds is 7. The van der Waals surface area contributed by atoms with E-state index >= 15 is 0 Å². The van der Waals surface area contributed by atoms with Crippen molar-refractivity contribution in [2.45, 2.75) is 13.8 Å². The molecule has 1 rings (SSSR count). The average Bonchev–Trinajstić information content (AvgIpc) is 2.37. The van der Waals surface area contributed by atoms with Gasteiger partial charge in [-0.15, -0.1) is 0 Å². The Morgan fingerprint density at radius 2 is 2.22 bits per heavy atom. The zero-order chi connectivity index (χ0) is 13.4. The minimum Gasteiger partial charge on any atom is -0.384 e. The fraction of sp³-hybridized carbons (Fsp3) is 0.538. The third-order valence-corrected chi connectivity index (χ3v) is 2.31. The Morgan fingerprint density at radius 1 is 1.44 bits per heavy atom. The highest BCUT2D eigenvalue weighted by Crippen LogP contribution is 2.09. The highest BCUT2D eigenvalue weighted by atomic mass is 16.5. The van der Waals surface area contributed by atoms with Crippen LogP contribution in [0.5, 0.6) is 0 Å². The molecule has 1 amide bonds. The van der Waals surface area contributed by atoms with Crippen molar-refractivity contribution in [3.63, 3.8) is 0 Å². The molecule has 0 bridgehead atoms. The largest absolute Gasteiger partial charge is 0.384 e. The van der Waals surface area contributed by atoms with E-state index in [1.54, 1.807) is 25.6 Å². The van der Waals surface area contributed by atoms with Crippen molar-refractivity contribution >= 4 is 11.6 Å². The number of pyridine rings is 1. The van der Waals surface area contributed by atoms with Crippen LogP contribution in [0, 0.1) is 5.92 Å². The summed E-state index contributed by atoms with van der Waals surface area (Å²) in [4.78, 5) is 15.8. The monoisotopic (exact) mass is 251 g/mol. The Bertz CT molecular complexity index is 380. The summed E-state index contributed by atoms with van der Waals surface area (Å²) in [6, 6.07) is 1.80. The van der Waals surface area contributed by atoms with Crippen LogP contribution >= 0.6 is 0 Å². The smallest absolute Gasteiger partial charge is 0.253 e. The molecule has 0 unspecified atom stereocenters. The van der Waals surface area contributed by atoms with E-state index < -0.39 is 0 Å². The standard InChI is InChI=1S/C13H21N3O2/c1-10(2)7-16-12-6-11(8-14-9-12)13(17)15-4-5-18-3/h6,8-10,16H,4-5,7H2,1-3H3,(H,15,17). The first kappa shape index (κ1) is 14.4. The van der Waals surface area contributed by atoms with E-state index in [2.05, 4.69) is 29.5 Å². The zero-order valence-corrected chi connectivity index (χ0v) is 11.2. The van der Waals surface area contributed by atoms with Gasteiger partial charge in [0.25, 0.3) is 5.91 Å². The van der Waals surface area contributed by atoms with Crippen LogP contribution in [0.1, 0.15) is 24.2 Å². The highest BCUT2D eigenvalue weighted by Gasteiger charge is 2.06. The molecule has 0 aliphatic carbocycles. The number of amides is 1. The maximum absolute atomic E-state index is 11.8. The topological polar surface area (TPSA) is 63.2 Å². The Morgan fingerprint density at radius 3 is 2.89 bits per heavy atom. The second-order valence-electron chi connectivity index (χ2n) is 4.49. The molecule has 5 heteroatoms. The molecule has 0 aromatic carbocycles. The number of hydrogen-bond acceptors (Lipinski definition) is 4. The lowest BCUT2D eigenvalue weighted by atomic mass is 10.2. The van der Waals surface area contributed by atoms with Crippen LogP contribution in [0.3, 0.4) is 0 Å². The first-order valence-corrected chi connectivity index (χ1v) is 6.09. The fourth-order valence-electron chi connectivity index (χ4n) is 1.35. The summed E-state index contributed by atoms with van der Waals surface area (Å²) < 4.78 is 4.87. The van der Waals surface area contributed by atoms with Crippen molar-refractivity contribution in [2.75, 3.05) is 32.1 Å². The number of ether oxygens (including phenoxy) is 1. The number of nitrogens with zero attached hydrogens (tertiary/aromatic N) is 1. The van der Waals surface area contributed by atoms with Crippen LogP contribution in [-0.2, 0) is 4.74 Å². The van der Waals surface area contributed by atoms with Crippen molar-refractivity contribution in [3.8, 4) is 0 Å². The van der Waals surface area contributed by atoms with Crippen LogP contribution in [0.15, 0.2) is 18.5 Å². The molecule has 0 fully saturated rings. The van der Waals surface area contributed by atoms with Gasteiger partial charge >= 0.3 is 0 Å². The summed E-state index contributed by atoms with van der Waals surface area (Å²) in [6.45, 7) is 6.11. The van der Waals surface area contributed by atoms with E-state index in [1.807, 2.05) is 0 Å². The van der Waals surface area contributed by atoms with Gasteiger partial charge < -0.3 is 15.4 Å². The lowest BCUT2D eigenvalue weighted by Gasteiger charge is -2.10. The minimum atomic E-state index is -0.132. The molecule has 5 nitrogen and oxygen atoms in total. The molecule has 0 atom stereocenters. The van der Waals surface area contributed by atoms with Crippen LogP contribution < -0.4 is 10.6 Å². The molecular formula is C13H21N3O2. The van der Waals surface area contributed by atoms with Crippen molar-refractivity contribution in [3.05, 3.63) is 24.0 Å². The molecule has 18 heavy (non-hydrogen) atoms. The summed E-state index contributed by atoms with van der Waals surface area (Å²) in [7, 11) is 1.60. The van der Waals surface area contributed by atoms with Crippen molar-refractivity contribution in [1.82, 2.24) is 10.3 Å². The molecule has 0 radical (unpaired) electrons. The summed E-state index contributed by atoms with van der Waals surface area (Å²) >= 11 is 0. The Kier molecular flexibility index (Phi) is 6.14. The quantitative estimate of drug-likeness (QED) is 0.721. The predicted octanol–water partition coefficient (Wildman–Crippen LogP) is 1.53. The summed E-state index contributed by atoms with van der Waals surface area (Å²) in [5.41, 5.74) is 1.42. The van der Waals surface area contributed by atoms with Crippen LogP contribution in [0.25, 0.3) is 0 Å². The Labute approximate surface area is 108 Å². The number of anilines is 1. The number of carbonyl (C=O) groups is 1. The molecule has 2 N–H and O–H groups in total. The Balaban J connectivity index is 2.55. The molecular weight excluding hydrogens is 230 g/mol. The van der Waals surface area contributed by atoms with E-state index in [-0.39, 0.29) is 5.91 Å². The number of nitrogens with one attached hydrogen (secondary N) is 2. The zero-order valence-electron chi connectivity index (χ0n) is 11.2. The summed E-state index contributed by atoms with van der Waals surface area (Å²) in [5, 5.41) is 6.00. The predicted molar refractivity (Wildman–Crippen MR) is 71.8 cm³/mol. The SMILES string of the molecule is COCCNC(=O)c1cncc(NCC(C)C)c1. The first-order valence-electron chi connectivity index (χ1n) is 6.09. The average molecular weight is 251 g/mol. The van der Waals surface area contributed by atoms with Gasteiger partial charge in [-0.1, -0.05) is 13.8 Å². The number of hydrogen-bond donors (Lipinski definition) is 2. The van der Waals surface area contributed by atoms with E-state index in [9.17, 15) is 4.79 Å². The molecule has 0 saturated carbocycles. The molecule has 0 spiro atoms. The lowest BCUT2D eigenvalue weighted by Crippen LogP contribution is -2.27. The summed E-state index contributed by atoms with van der Waals surface area (Å²) in [5.74, 6) is 0.414. The lowest BCUT2D eigenvalue weighted by molar-refractivity contribution is 0.0937. The van der Waals surface area contributed by atoms with Gasteiger partial charge in [-0.25, -0.2) is 0 Å². The maximum Gasteiger partial charge on any atom is 0.253 e. The molecule has 1 aromatic rings. The second kappa shape index (κ2) is 7.66. The van der Waals surface area contributed by atoms with Gasteiger partial charge in [0, 0.05) is 32.6 Å². The van der Waals surface area contributed by atoms with E-state index in [4.69, 9.17) is 4.74 Å². The van der Waals surface area contributed by atoms with Gasteiger partial charge in [-0.05, 0) is 12.0 Å². The molecule has 1 heterocycles. The van der Waals surface area contributed by atoms with Gasteiger partial charge in [0.2, 0.25) is 0 Å². The Hall–Kier alpha value is -1.62. The van der Waals surface area contributed by atoms with Gasteiger partial charge in [0.15, 0.2) is 0 Å². The molecule has 0 aliphatic heterocycles. The number of carbonyl (C=O) groups excluding carboxylic acids is 1.